The van der Waals surface area contributed by atoms with Gasteiger partial charge in [0.15, 0.2) is 11.5 Å². The summed E-state index contributed by atoms with van der Waals surface area (Å²) in [6, 6.07) is 6.67. The predicted molar refractivity (Wildman–Crippen MR) is 78.6 cm³/mol. The summed E-state index contributed by atoms with van der Waals surface area (Å²) in [5, 5.41) is 3.68. The fourth-order valence-corrected chi connectivity index (χ4v) is 2.36. The fourth-order valence-electron chi connectivity index (χ4n) is 2.07. The number of pyridine rings is 1. The van der Waals surface area contributed by atoms with E-state index < -0.39 is 5.95 Å². The van der Waals surface area contributed by atoms with Gasteiger partial charge in [0, 0.05) is 13.0 Å². The number of nitrogens with zero attached hydrogens (tertiary/aromatic N) is 1. The highest BCUT2D eigenvalue weighted by Gasteiger charge is 2.15. The van der Waals surface area contributed by atoms with E-state index in [1.54, 1.807) is 6.07 Å². The molecule has 2 aromatic rings. The lowest BCUT2D eigenvalue weighted by Crippen LogP contribution is -2.01. The second-order valence-electron chi connectivity index (χ2n) is 4.68. The molecule has 110 valence electrons. The molecule has 1 N–H and O–H groups in total. The van der Waals surface area contributed by atoms with Crippen LogP contribution in [0, 0.1) is 5.95 Å². The zero-order valence-electron chi connectivity index (χ0n) is 11.2. The van der Waals surface area contributed by atoms with Gasteiger partial charge in [-0.3, -0.25) is 0 Å². The van der Waals surface area contributed by atoms with Gasteiger partial charge in [-0.2, -0.15) is 4.39 Å². The number of fused-ring (bicyclic) bond motifs is 1. The molecular formula is C15H14ClFN2O2. The summed E-state index contributed by atoms with van der Waals surface area (Å²) in [5.74, 6) is 0.759. The first-order valence-corrected chi connectivity index (χ1v) is 7.03. The summed E-state index contributed by atoms with van der Waals surface area (Å²) in [6.45, 7) is 1.75. The van der Waals surface area contributed by atoms with E-state index in [9.17, 15) is 4.39 Å². The molecule has 0 unspecified atom stereocenters. The number of hydrogen-bond donors (Lipinski definition) is 1. The molecule has 1 aliphatic heterocycles. The van der Waals surface area contributed by atoms with Crippen molar-refractivity contribution in [2.45, 2.75) is 13.0 Å². The Bertz CT molecular complexity index is 634. The van der Waals surface area contributed by atoms with E-state index in [1.807, 2.05) is 12.1 Å². The van der Waals surface area contributed by atoms with Crippen molar-refractivity contribution in [1.82, 2.24) is 4.98 Å². The Morgan fingerprint density at radius 2 is 2.10 bits per heavy atom. The van der Waals surface area contributed by atoms with Gasteiger partial charge in [-0.1, -0.05) is 11.6 Å². The molecular weight excluding hydrogens is 295 g/mol. The van der Waals surface area contributed by atoms with E-state index >= 15 is 0 Å². The largest absolute Gasteiger partial charge is 0.489 e. The number of anilines is 1. The molecule has 0 spiro atoms. The molecule has 21 heavy (non-hydrogen) atoms. The molecule has 0 radical (unpaired) electrons. The summed E-state index contributed by atoms with van der Waals surface area (Å²) in [4.78, 5) is 3.59. The number of rotatable bonds is 3. The zero-order valence-corrected chi connectivity index (χ0v) is 12.0. The van der Waals surface area contributed by atoms with Crippen LogP contribution in [0.4, 0.5) is 10.1 Å². The van der Waals surface area contributed by atoms with Gasteiger partial charge >= 0.3 is 0 Å². The summed E-state index contributed by atoms with van der Waals surface area (Å²) >= 11 is 6.23. The minimum atomic E-state index is -0.501. The van der Waals surface area contributed by atoms with E-state index in [-0.39, 0.29) is 0 Å². The molecule has 0 atom stereocenters. The standard InChI is InChI=1S/C15H14ClFN2O2/c16-12-6-10(7-13-15(12)21-5-1-4-20-13)8-18-11-2-3-14(17)19-9-11/h2-3,6-7,9,18H,1,4-5,8H2. The normalized spacial score (nSPS) is 13.6. The van der Waals surface area contributed by atoms with Gasteiger partial charge in [-0.05, 0) is 29.8 Å². The van der Waals surface area contributed by atoms with Crippen LogP contribution < -0.4 is 14.8 Å². The lowest BCUT2D eigenvalue weighted by atomic mass is 10.2. The Kier molecular flexibility index (Phi) is 4.10. The minimum absolute atomic E-state index is 0.501. The summed E-state index contributed by atoms with van der Waals surface area (Å²) in [5.41, 5.74) is 1.69. The molecule has 0 saturated carbocycles. The van der Waals surface area contributed by atoms with Gasteiger partial charge in [0.2, 0.25) is 5.95 Å². The summed E-state index contributed by atoms with van der Waals surface area (Å²) in [7, 11) is 0. The molecule has 0 bridgehead atoms. The molecule has 1 aromatic carbocycles. The van der Waals surface area contributed by atoms with Gasteiger partial charge in [-0.15, -0.1) is 0 Å². The molecule has 1 aromatic heterocycles. The SMILES string of the molecule is Fc1ccc(NCc2cc(Cl)c3c(c2)OCCCO3)cn1. The average Bonchev–Trinajstić information content (AvgIpc) is 2.72. The molecule has 0 aliphatic carbocycles. The lowest BCUT2D eigenvalue weighted by Gasteiger charge is -2.12. The van der Waals surface area contributed by atoms with Gasteiger partial charge in [0.05, 0.1) is 30.1 Å². The molecule has 1 aliphatic rings. The maximum absolute atomic E-state index is 12.7. The van der Waals surface area contributed by atoms with Crippen LogP contribution in [0.1, 0.15) is 12.0 Å². The zero-order chi connectivity index (χ0) is 14.7. The average molecular weight is 309 g/mol. The Labute approximate surface area is 126 Å². The van der Waals surface area contributed by atoms with Crippen LogP contribution in [0.2, 0.25) is 5.02 Å². The number of halogens is 2. The summed E-state index contributed by atoms with van der Waals surface area (Å²) in [6.07, 6.45) is 2.28. The van der Waals surface area contributed by atoms with E-state index in [0.29, 0.717) is 36.3 Å². The highest BCUT2D eigenvalue weighted by atomic mass is 35.5. The smallest absolute Gasteiger partial charge is 0.212 e. The third-order valence-corrected chi connectivity index (χ3v) is 3.37. The van der Waals surface area contributed by atoms with Crippen LogP contribution >= 0.6 is 11.6 Å². The van der Waals surface area contributed by atoms with Crippen LogP contribution in [0.5, 0.6) is 11.5 Å². The molecule has 3 rings (SSSR count). The number of nitrogens with one attached hydrogen (secondary N) is 1. The quantitative estimate of drug-likeness (QED) is 0.879. The molecule has 0 fully saturated rings. The van der Waals surface area contributed by atoms with Crippen LogP contribution in [0.3, 0.4) is 0 Å². The van der Waals surface area contributed by atoms with Crippen molar-refractivity contribution in [3.05, 3.63) is 47.0 Å². The summed E-state index contributed by atoms with van der Waals surface area (Å²) < 4.78 is 24.0. The van der Waals surface area contributed by atoms with Crippen LogP contribution in [-0.4, -0.2) is 18.2 Å². The van der Waals surface area contributed by atoms with Gasteiger partial charge in [0.25, 0.3) is 0 Å². The molecule has 2 heterocycles. The van der Waals surface area contributed by atoms with E-state index in [2.05, 4.69) is 10.3 Å². The number of hydrogen-bond acceptors (Lipinski definition) is 4. The van der Waals surface area contributed by atoms with Crippen molar-refractivity contribution in [3.63, 3.8) is 0 Å². The molecule has 0 amide bonds. The van der Waals surface area contributed by atoms with Crippen molar-refractivity contribution in [2.75, 3.05) is 18.5 Å². The first-order valence-electron chi connectivity index (χ1n) is 6.66. The maximum atomic E-state index is 12.7. The monoisotopic (exact) mass is 308 g/mol. The van der Waals surface area contributed by atoms with Crippen LogP contribution in [-0.2, 0) is 6.54 Å². The predicted octanol–water partition coefficient (Wildman–Crippen LogP) is 3.65. The van der Waals surface area contributed by atoms with E-state index in [0.717, 1.165) is 17.7 Å². The van der Waals surface area contributed by atoms with Crippen LogP contribution in [0.25, 0.3) is 0 Å². The Balaban J connectivity index is 1.75. The number of benzene rings is 1. The Morgan fingerprint density at radius 1 is 1.24 bits per heavy atom. The van der Waals surface area contributed by atoms with Crippen molar-refractivity contribution in [3.8, 4) is 11.5 Å². The third-order valence-electron chi connectivity index (χ3n) is 3.09. The second kappa shape index (κ2) is 6.18. The van der Waals surface area contributed by atoms with Gasteiger partial charge < -0.3 is 14.8 Å². The minimum Gasteiger partial charge on any atom is -0.489 e. The third kappa shape index (κ3) is 3.36. The second-order valence-corrected chi connectivity index (χ2v) is 5.09. The van der Waals surface area contributed by atoms with E-state index in [1.165, 1.54) is 12.3 Å². The molecule has 6 heteroatoms. The number of aromatic nitrogens is 1. The van der Waals surface area contributed by atoms with Gasteiger partial charge in [0.1, 0.15) is 0 Å². The van der Waals surface area contributed by atoms with Crippen LogP contribution in [0.15, 0.2) is 30.5 Å². The maximum Gasteiger partial charge on any atom is 0.212 e. The Morgan fingerprint density at radius 3 is 2.90 bits per heavy atom. The van der Waals surface area contributed by atoms with E-state index in [4.69, 9.17) is 21.1 Å². The fraction of sp³-hybridized carbons (Fsp3) is 0.267. The Hall–Kier alpha value is -2.01. The number of ether oxygens (including phenoxy) is 2. The first-order chi connectivity index (χ1) is 10.2. The topological polar surface area (TPSA) is 43.4 Å². The van der Waals surface area contributed by atoms with Gasteiger partial charge in [-0.25, -0.2) is 4.98 Å². The molecule has 0 saturated heterocycles. The highest BCUT2D eigenvalue weighted by molar-refractivity contribution is 6.32. The lowest BCUT2D eigenvalue weighted by molar-refractivity contribution is 0.297. The van der Waals surface area contributed by atoms with Crippen molar-refractivity contribution >= 4 is 17.3 Å². The molecule has 4 nitrogen and oxygen atoms in total. The first kappa shape index (κ1) is 13.9. The van der Waals surface area contributed by atoms with Crippen molar-refractivity contribution in [2.24, 2.45) is 0 Å². The van der Waals surface area contributed by atoms with Crippen molar-refractivity contribution < 1.29 is 13.9 Å². The highest BCUT2D eigenvalue weighted by Crippen LogP contribution is 2.38. The van der Waals surface area contributed by atoms with Crippen molar-refractivity contribution in [1.29, 1.82) is 0 Å².